The van der Waals surface area contributed by atoms with E-state index in [0.29, 0.717) is 47.6 Å². The van der Waals surface area contributed by atoms with Crippen LogP contribution in [0.3, 0.4) is 0 Å². The molecule has 10 nitrogen and oxygen atoms in total. The van der Waals surface area contributed by atoms with Crippen LogP contribution < -0.4 is 9.47 Å². The monoisotopic (exact) mass is 382 g/mol. The highest BCUT2D eigenvalue weighted by Crippen LogP contribution is 2.33. The highest BCUT2D eigenvalue weighted by Gasteiger charge is 2.27. The zero-order valence-electron chi connectivity index (χ0n) is 15.2. The minimum Gasteiger partial charge on any atom is -0.454 e. The quantitative estimate of drug-likeness (QED) is 0.675. The average Bonchev–Trinajstić information content (AvgIpc) is 3.47. The maximum absolute atomic E-state index is 12.8. The van der Waals surface area contributed by atoms with Gasteiger partial charge < -0.3 is 18.9 Å². The summed E-state index contributed by atoms with van der Waals surface area (Å²) in [5.74, 6) is 2.21. The molecule has 1 amide bonds. The van der Waals surface area contributed by atoms with Gasteiger partial charge in [0.1, 0.15) is 0 Å². The molecule has 0 bridgehead atoms. The van der Waals surface area contributed by atoms with Crippen LogP contribution in [0.1, 0.15) is 35.1 Å². The van der Waals surface area contributed by atoms with Crippen LogP contribution in [0.15, 0.2) is 28.9 Å². The van der Waals surface area contributed by atoms with Crippen LogP contribution in [0.5, 0.6) is 11.5 Å². The fourth-order valence-corrected chi connectivity index (χ4v) is 3.50. The van der Waals surface area contributed by atoms with E-state index in [9.17, 15) is 4.79 Å². The summed E-state index contributed by atoms with van der Waals surface area (Å²) in [6.45, 7) is 3.24. The molecule has 10 heteroatoms. The molecule has 2 aliphatic heterocycles. The first-order valence-corrected chi connectivity index (χ1v) is 9.09. The van der Waals surface area contributed by atoms with Gasteiger partial charge in [-0.15, -0.1) is 5.10 Å². The van der Waals surface area contributed by atoms with Crippen LogP contribution in [0, 0.1) is 6.92 Å². The van der Waals surface area contributed by atoms with Gasteiger partial charge >= 0.3 is 0 Å². The lowest BCUT2D eigenvalue weighted by molar-refractivity contribution is 0.0689. The summed E-state index contributed by atoms with van der Waals surface area (Å²) in [5, 5.41) is 12.1. The number of amides is 1. The van der Waals surface area contributed by atoms with E-state index in [1.54, 1.807) is 25.1 Å². The van der Waals surface area contributed by atoms with Crippen molar-refractivity contribution in [2.75, 3.05) is 19.9 Å². The Morgan fingerprint density at radius 1 is 1.18 bits per heavy atom. The fourth-order valence-electron chi connectivity index (χ4n) is 3.50. The number of rotatable bonds is 3. The topological polar surface area (TPSA) is 108 Å². The molecular weight excluding hydrogens is 364 g/mol. The van der Waals surface area contributed by atoms with Crippen LogP contribution in [0.4, 0.5) is 0 Å². The number of fused-ring (bicyclic) bond motifs is 1. The Kier molecular flexibility index (Phi) is 3.96. The third-order valence-corrected chi connectivity index (χ3v) is 5.00. The molecule has 28 heavy (non-hydrogen) atoms. The Morgan fingerprint density at radius 3 is 2.79 bits per heavy atom. The van der Waals surface area contributed by atoms with Crippen molar-refractivity contribution in [1.82, 2.24) is 30.0 Å². The number of ether oxygens (including phenoxy) is 2. The maximum Gasteiger partial charge on any atom is 0.280 e. The Morgan fingerprint density at radius 2 is 2.00 bits per heavy atom. The smallest absolute Gasteiger partial charge is 0.280 e. The van der Waals surface area contributed by atoms with Gasteiger partial charge in [0.05, 0.1) is 12.2 Å². The number of carbonyl (C=O) groups is 1. The molecule has 0 aliphatic carbocycles. The van der Waals surface area contributed by atoms with Gasteiger partial charge in [-0.25, -0.2) is 4.68 Å². The zero-order valence-corrected chi connectivity index (χ0v) is 15.2. The third-order valence-electron chi connectivity index (χ3n) is 5.00. The van der Waals surface area contributed by atoms with E-state index in [-0.39, 0.29) is 18.7 Å². The van der Waals surface area contributed by atoms with Crippen LogP contribution in [0.2, 0.25) is 0 Å². The summed E-state index contributed by atoms with van der Waals surface area (Å²) >= 11 is 0. The highest BCUT2D eigenvalue weighted by atomic mass is 16.7. The zero-order chi connectivity index (χ0) is 19.1. The number of benzene rings is 1. The van der Waals surface area contributed by atoms with Gasteiger partial charge in [-0.05, 0) is 38.0 Å². The molecule has 0 spiro atoms. The maximum atomic E-state index is 12.8. The summed E-state index contributed by atoms with van der Waals surface area (Å²) in [4.78, 5) is 18.8. The number of nitrogens with zero attached hydrogens (tertiary/aromatic N) is 6. The second kappa shape index (κ2) is 6.63. The molecule has 0 saturated carbocycles. The van der Waals surface area contributed by atoms with Crippen molar-refractivity contribution in [3.05, 3.63) is 35.8 Å². The molecule has 0 unspecified atom stereocenters. The van der Waals surface area contributed by atoms with E-state index < -0.39 is 0 Å². The van der Waals surface area contributed by atoms with Crippen molar-refractivity contribution in [3.8, 4) is 23.1 Å². The van der Waals surface area contributed by atoms with Crippen LogP contribution >= 0.6 is 0 Å². The van der Waals surface area contributed by atoms with E-state index in [1.807, 2.05) is 15.8 Å². The van der Waals surface area contributed by atoms with E-state index in [1.165, 1.54) is 0 Å². The normalized spacial score (nSPS) is 16.5. The molecule has 3 aromatic rings. The molecule has 0 atom stereocenters. The molecule has 2 aromatic heterocycles. The SMILES string of the molecule is Cc1noc(-c2cn(C3CCN(C(=O)c4ccc5c(c4)OCO5)CC3)nn2)n1. The molecule has 0 radical (unpaired) electrons. The number of hydrogen-bond acceptors (Lipinski definition) is 8. The summed E-state index contributed by atoms with van der Waals surface area (Å²) in [5.41, 5.74) is 1.16. The summed E-state index contributed by atoms with van der Waals surface area (Å²) in [7, 11) is 0. The number of aromatic nitrogens is 5. The van der Waals surface area contributed by atoms with Gasteiger partial charge in [0.15, 0.2) is 23.0 Å². The third kappa shape index (κ3) is 2.96. The van der Waals surface area contributed by atoms with Gasteiger partial charge in [0.25, 0.3) is 11.8 Å². The Bertz CT molecular complexity index is 1020. The predicted molar refractivity (Wildman–Crippen MR) is 94.8 cm³/mol. The second-order valence-corrected chi connectivity index (χ2v) is 6.82. The average molecular weight is 382 g/mol. The standard InChI is InChI=1S/C18H18N6O4/c1-11-19-17(28-21-11)14-9-24(22-20-14)13-4-6-23(7-5-13)18(25)12-2-3-15-16(8-12)27-10-26-15/h2-3,8-9,13H,4-7,10H2,1H3. The van der Waals surface area contributed by atoms with Crippen LogP contribution in [-0.2, 0) is 0 Å². The van der Waals surface area contributed by atoms with Crippen molar-refractivity contribution in [3.63, 3.8) is 0 Å². The molecule has 1 aromatic carbocycles. The van der Waals surface area contributed by atoms with Crippen molar-refractivity contribution in [1.29, 1.82) is 0 Å². The number of hydrogen-bond donors (Lipinski definition) is 0. The molecule has 0 N–H and O–H groups in total. The lowest BCUT2D eigenvalue weighted by atomic mass is 10.0. The number of piperidine rings is 1. The van der Waals surface area contributed by atoms with E-state index >= 15 is 0 Å². The highest BCUT2D eigenvalue weighted by molar-refractivity contribution is 5.95. The first kappa shape index (κ1) is 16.7. The van der Waals surface area contributed by atoms with Gasteiger partial charge in [0.2, 0.25) is 6.79 Å². The van der Waals surface area contributed by atoms with Gasteiger partial charge in [-0.3, -0.25) is 4.79 Å². The molecule has 1 fully saturated rings. The van der Waals surface area contributed by atoms with Gasteiger partial charge in [-0.1, -0.05) is 10.4 Å². The summed E-state index contributed by atoms with van der Waals surface area (Å²) in [6.07, 6.45) is 3.40. The first-order valence-electron chi connectivity index (χ1n) is 9.09. The lowest BCUT2D eigenvalue weighted by Gasteiger charge is -2.31. The second-order valence-electron chi connectivity index (χ2n) is 6.82. The van der Waals surface area contributed by atoms with Crippen molar-refractivity contribution in [2.24, 2.45) is 0 Å². The largest absolute Gasteiger partial charge is 0.454 e. The molecular formula is C18H18N6O4. The van der Waals surface area contributed by atoms with Crippen molar-refractivity contribution < 1.29 is 18.8 Å². The van der Waals surface area contributed by atoms with Crippen LogP contribution in [-0.4, -0.2) is 55.8 Å². The molecule has 5 rings (SSSR count). The molecule has 1 saturated heterocycles. The Labute approximate surface area is 160 Å². The van der Waals surface area contributed by atoms with Gasteiger partial charge in [0, 0.05) is 18.7 Å². The predicted octanol–water partition coefficient (Wildman–Crippen LogP) is 1.84. The summed E-state index contributed by atoms with van der Waals surface area (Å²) < 4.78 is 17.6. The number of carbonyl (C=O) groups excluding carboxylic acids is 1. The molecule has 4 heterocycles. The Balaban J connectivity index is 1.24. The molecule has 2 aliphatic rings. The number of likely N-dealkylation sites (tertiary alicyclic amines) is 1. The minimum atomic E-state index is -0.00244. The Hall–Kier alpha value is -3.43. The van der Waals surface area contributed by atoms with Crippen LogP contribution in [0.25, 0.3) is 11.6 Å². The fraction of sp³-hybridized carbons (Fsp3) is 0.389. The lowest BCUT2D eigenvalue weighted by Crippen LogP contribution is -2.39. The van der Waals surface area contributed by atoms with E-state index in [4.69, 9.17) is 14.0 Å². The number of aryl methyl sites for hydroxylation is 1. The first-order chi connectivity index (χ1) is 13.7. The minimum absolute atomic E-state index is 0.00244. The van der Waals surface area contributed by atoms with Crippen molar-refractivity contribution in [2.45, 2.75) is 25.8 Å². The summed E-state index contributed by atoms with van der Waals surface area (Å²) in [6, 6.07) is 5.47. The molecule has 144 valence electrons. The van der Waals surface area contributed by atoms with E-state index in [0.717, 1.165) is 12.8 Å². The van der Waals surface area contributed by atoms with Crippen molar-refractivity contribution >= 4 is 5.91 Å². The van der Waals surface area contributed by atoms with Gasteiger partial charge in [-0.2, -0.15) is 4.98 Å². The van der Waals surface area contributed by atoms with E-state index in [2.05, 4.69) is 20.5 Å².